The molecule has 2 aliphatic rings. The van der Waals surface area contributed by atoms with Gasteiger partial charge in [-0.1, -0.05) is 0 Å². The minimum absolute atomic E-state index is 0.273. The van der Waals surface area contributed by atoms with Crippen LogP contribution in [0.2, 0.25) is 0 Å². The van der Waals surface area contributed by atoms with E-state index in [1.165, 1.54) is 11.8 Å². The molecule has 2 aliphatic heterocycles. The predicted molar refractivity (Wildman–Crippen MR) is 71.6 cm³/mol. The van der Waals surface area contributed by atoms with E-state index in [4.69, 9.17) is 11.5 Å². The number of hydrogen-bond donors (Lipinski definition) is 3. The van der Waals surface area contributed by atoms with Crippen LogP contribution >= 0.6 is 11.8 Å². The molecule has 18 heavy (non-hydrogen) atoms. The highest BCUT2D eigenvalue weighted by molar-refractivity contribution is 8.15. The molecule has 0 spiro atoms. The van der Waals surface area contributed by atoms with E-state index in [0.717, 1.165) is 25.3 Å². The third kappa shape index (κ3) is 1.97. The van der Waals surface area contributed by atoms with Gasteiger partial charge < -0.3 is 10.6 Å². The van der Waals surface area contributed by atoms with Gasteiger partial charge in [-0.25, -0.2) is 0 Å². The molecular formula is C10H15N7S. The minimum Gasteiger partial charge on any atom is -0.377 e. The lowest BCUT2D eigenvalue weighted by molar-refractivity contribution is 0.361. The Morgan fingerprint density at radius 2 is 2.44 bits per heavy atom. The van der Waals surface area contributed by atoms with Crippen LogP contribution in [0.3, 0.4) is 0 Å². The second-order valence-electron chi connectivity index (χ2n) is 4.47. The molecule has 1 fully saturated rings. The van der Waals surface area contributed by atoms with Crippen LogP contribution < -0.4 is 21.8 Å². The third-order valence-corrected chi connectivity index (χ3v) is 4.35. The number of anilines is 1. The number of aromatic nitrogens is 2. The first-order valence-corrected chi connectivity index (χ1v) is 6.60. The average molecular weight is 265 g/mol. The molecule has 1 aromatic heterocycles. The van der Waals surface area contributed by atoms with Crippen LogP contribution in [0.15, 0.2) is 23.4 Å². The van der Waals surface area contributed by atoms with Gasteiger partial charge in [-0.15, -0.1) is 5.10 Å². The molecule has 2 unspecified atom stereocenters. The van der Waals surface area contributed by atoms with Gasteiger partial charge >= 0.3 is 0 Å². The largest absolute Gasteiger partial charge is 0.377 e. The molecule has 3 heterocycles. The van der Waals surface area contributed by atoms with Gasteiger partial charge in [-0.05, 0) is 30.3 Å². The van der Waals surface area contributed by atoms with Crippen molar-refractivity contribution in [1.82, 2.24) is 15.6 Å². The zero-order valence-electron chi connectivity index (χ0n) is 9.78. The van der Waals surface area contributed by atoms with Crippen LogP contribution in [0.25, 0.3) is 0 Å². The second kappa shape index (κ2) is 4.29. The van der Waals surface area contributed by atoms with Crippen molar-refractivity contribution in [3.05, 3.63) is 18.3 Å². The Morgan fingerprint density at radius 1 is 1.56 bits per heavy atom. The Morgan fingerprint density at radius 3 is 3.11 bits per heavy atom. The first-order valence-electron chi connectivity index (χ1n) is 5.78. The number of rotatable bonds is 2. The number of nitrogens with two attached hydrogens (primary N) is 2. The van der Waals surface area contributed by atoms with Gasteiger partial charge in [0, 0.05) is 25.2 Å². The summed E-state index contributed by atoms with van der Waals surface area (Å²) in [5, 5.41) is 12.5. The summed E-state index contributed by atoms with van der Waals surface area (Å²) in [4.78, 5) is 1.59. The average Bonchev–Trinajstić information content (AvgIpc) is 2.99. The van der Waals surface area contributed by atoms with E-state index in [1.54, 1.807) is 6.20 Å². The van der Waals surface area contributed by atoms with Gasteiger partial charge in [-0.2, -0.15) is 10.2 Å². The van der Waals surface area contributed by atoms with E-state index in [0.29, 0.717) is 5.17 Å². The maximum Gasteiger partial charge on any atom is 0.181 e. The Kier molecular flexibility index (Phi) is 2.75. The molecule has 2 atom stereocenters. The SMILES string of the molecule is NC1=NNC(N)(C2CCN(c3cccnn3)C2)S1. The lowest BCUT2D eigenvalue weighted by atomic mass is 10.1. The number of thioether (sulfide) groups is 1. The van der Waals surface area contributed by atoms with E-state index in [1.807, 2.05) is 12.1 Å². The normalized spacial score (nSPS) is 31.3. The molecule has 0 saturated carbocycles. The zero-order valence-corrected chi connectivity index (χ0v) is 10.6. The van der Waals surface area contributed by atoms with Crippen molar-refractivity contribution >= 4 is 22.7 Å². The Labute approximate surface area is 109 Å². The van der Waals surface area contributed by atoms with E-state index < -0.39 is 4.99 Å². The molecule has 0 amide bonds. The van der Waals surface area contributed by atoms with Crippen molar-refractivity contribution in [2.45, 2.75) is 11.4 Å². The molecule has 8 heteroatoms. The lowest BCUT2D eigenvalue weighted by Crippen LogP contribution is -2.53. The van der Waals surface area contributed by atoms with Crippen LogP contribution in [-0.4, -0.2) is 33.4 Å². The number of hydrazone groups is 1. The second-order valence-corrected chi connectivity index (χ2v) is 5.77. The maximum absolute atomic E-state index is 6.29. The summed E-state index contributed by atoms with van der Waals surface area (Å²) in [7, 11) is 0. The Balaban J connectivity index is 1.69. The van der Waals surface area contributed by atoms with E-state index in [2.05, 4.69) is 25.6 Å². The summed E-state index contributed by atoms with van der Waals surface area (Å²) in [6.07, 6.45) is 2.65. The predicted octanol–water partition coefficient (Wildman–Crippen LogP) is -0.518. The topological polar surface area (TPSA) is 105 Å². The molecule has 0 bridgehead atoms. The van der Waals surface area contributed by atoms with Gasteiger partial charge in [0.1, 0.15) is 0 Å². The van der Waals surface area contributed by atoms with Gasteiger partial charge in [0.2, 0.25) is 0 Å². The van der Waals surface area contributed by atoms with Gasteiger partial charge in [0.25, 0.3) is 0 Å². The van der Waals surface area contributed by atoms with Crippen LogP contribution in [-0.2, 0) is 0 Å². The van der Waals surface area contributed by atoms with Crippen molar-refractivity contribution in [2.24, 2.45) is 22.5 Å². The molecule has 96 valence electrons. The number of nitrogens with one attached hydrogen (secondary N) is 1. The molecule has 1 saturated heterocycles. The first kappa shape index (κ1) is 11.5. The monoisotopic (exact) mass is 265 g/mol. The summed E-state index contributed by atoms with van der Waals surface area (Å²) < 4.78 is 0. The fraction of sp³-hybridized carbons (Fsp3) is 0.500. The standard InChI is InChI=1S/C10H15N7S/c11-9-15-16-10(12,18-9)7-3-5-17(6-7)8-2-1-4-13-14-8/h1-2,4,7,16H,3,5-6,12H2,(H2,11,15). The van der Waals surface area contributed by atoms with E-state index >= 15 is 0 Å². The fourth-order valence-electron chi connectivity index (χ4n) is 2.32. The molecule has 0 radical (unpaired) electrons. The van der Waals surface area contributed by atoms with Crippen LogP contribution in [0.5, 0.6) is 0 Å². The van der Waals surface area contributed by atoms with Crippen molar-refractivity contribution in [2.75, 3.05) is 18.0 Å². The summed E-state index contributed by atoms with van der Waals surface area (Å²) in [6, 6.07) is 3.84. The lowest BCUT2D eigenvalue weighted by Gasteiger charge is -2.29. The zero-order chi connectivity index (χ0) is 12.6. The van der Waals surface area contributed by atoms with Crippen molar-refractivity contribution in [1.29, 1.82) is 0 Å². The van der Waals surface area contributed by atoms with Crippen LogP contribution in [0.4, 0.5) is 5.82 Å². The molecular weight excluding hydrogens is 250 g/mol. The smallest absolute Gasteiger partial charge is 0.181 e. The maximum atomic E-state index is 6.29. The third-order valence-electron chi connectivity index (χ3n) is 3.29. The van der Waals surface area contributed by atoms with E-state index in [-0.39, 0.29) is 5.92 Å². The number of amidine groups is 1. The quantitative estimate of drug-likeness (QED) is 0.660. The molecule has 0 aromatic carbocycles. The Hall–Kier alpha value is -1.54. The van der Waals surface area contributed by atoms with Crippen LogP contribution in [0.1, 0.15) is 6.42 Å². The van der Waals surface area contributed by atoms with Gasteiger partial charge in [0.15, 0.2) is 16.0 Å². The van der Waals surface area contributed by atoms with Gasteiger partial charge in [-0.3, -0.25) is 11.2 Å². The van der Waals surface area contributed by atoms with Crippen molar-refractivity contribution in [3.8, 4) is 0 Å². The molecule has 1 aromatic rings. The molecule has 5 N–H and O–H groups in total. The van der Waals surface area contributed by atoms with E-state index in [9.17, 15) is 0 Å². The summed E-state index contributed by atoms with van der Waals surface area (Å²) in [5.74, 6) is 1.16. The summed E-state index contributed by atoms with van der Waals surface area (Å²) in [6.45, 7) is 1.75. The molecule has 7 nitrogen and oxygen atoms in total. The highest BCUT2D eigenvalue weighted by Gasteiger charge is 2.43. The highest BCUT2D eigenvalue weighted by Crippen LogP contribution is 2.36. The Bertz CT molecular complexity index is 465. The number of nitrogens with zero attached hydrogens (tertiary/aromatic N) is 4. The van der Waals surface area contributed by atoms with Crippen LogP contribution in [0, 0.1) is 5.92 Å². The summed E-state index contributed by atoms with van der Waals surface area (Å²) in [5.41, 5.74) is 14.9. The number of hydrogen-bond acceptors (Lipinski definition) is 8. The van der Waals surface area contributed by atoms with Crippen molar-refractivity contribution in [3.63, 3.8) is 0 Å². The fourth-order valence-corrected chi connectivity index (χ4v) is 3.20. The summed E-state index contributed by atoms with van der Waals surface area (Å²) >= 11 is 1.39. The molecule has 0 aliphatic carbocycles. The highest BCUT2D eigenvalue weighted by atomic mass is 32.2. The van der Waals surface area contributed by atoms with Crippen molar-refractivity contribution < 1.29 is 0 Å². The first-order chi connectivity index (χ1) is 8.67. The van der Waals surface area contributed by atoms with Gasteiger partial charge in [0.05, 0.1) is 0 Å². The minimum atomic E-state index is -0.596. The molecule has 3 rings (SSSR count).